The van der Waals surface area contributed by atoms with Crippen LogP contribution in [-0.2, 0) is 110 Å². The zero-order valence-electron chi connectivity index (χ0n) is 47.2. The summed E-state index contributed by atoms with van der Waals surface area (Å²) >= 11 is 0. The quantitative estimate of drug-likeness (QED) is 0.0441. The van der Waals surface area contributed by atoms with E-state index in [0.29, 0.717) is 0 Å². The lowest BCUT2D eigenvalue weighted by molar-refractivity contribution is -0.428. The molecule has 0 bridgehead atoms. The zero-order valence-corrected chi connectivity index (χ0v) is 48.1. The maximum atomic E-state index is 12.2. The molecule has 85 heavy (non-hydrogen) atoms. The highest BCUT2D eigenvalue weighted by atomic mass is 32.2. The molecular formula is C65H72O19S. The Morgan fingerprint density at radius 3 is 1.09 bits per heavy atom. The Hall–Kier alpha value is -5.41. The fourth-order valence-corrected chi connectivity index (χ4v) is 11.8. The van der Waals surface area contributed by atoms with Crippen LogP contribution < -0.4 is 0 Å². The molecule has 19 nitrogen and oxygen atoms in total. The summed E-state index contributed by atoms with van der Waals surface area (Å²) in [6, 6.07) is 58.1. The Morgan fingerprint density at radius 1 is 0.400 bits per heavy atom. The van der Waals surface area contributed by atoms with Gasteiger partial charge in [-0.05, 0) is 16.7 Å². The van der Waals surface area contributed by atoms with Crippen LogP contribution in [0.25, 0.3) is 0 Å². The third kappa shape index (κ3) is 15.0. The lowest BCUT2D eigenvalue weighted by atomic mass is 9.94. The summed E-state index contributed by atoms with van der Waals surface area (Å²) in [4.78, 5) is 0. The van der Waals surface area contributed by atoms with Crippen LogP contribution in [0, 0.1) is 0 Å². The van der Waals surface area contributed by atoms with Crippen molar-refractivity contribution in [1.82, 2.24) is 0 Å². The molecule has 6 aromatic rings. The van der Waals surface area contributed by atoms with Gasteiger partial charge in [0.25, 0.3) is 0 Å². The molecule has 0 spiro atoms. The van der Waals surface area contributed by atoms with E-state index < -0.39 is 121 Å². The van der Waals surface area contributed by atoms with Gasteiger partial charge in [0.1, 0.15) is 89.9 Å². The van der Waals surface area contributed by atoms with E-state index in [0.717, 1.165) is 39.6 Å². The predicted octanol–water partition coefficient (Wildman–Crippen LogP) is 8.08. The fraction of sp³-hybridized carbons (Fsp3) is 0.446. The van der Waals surface area contributed by atoms with Crippen LogP contribution in [0.2, 0.25) is 0 Å². The van der Waals surface area contributed by atoms with Crippen molar-refractivity contribution in [1.29, 1.82) is 0 Å². The lowest BCUT2D eigenvalue weighted by Crippen LogP contribution is -2.69. The number of methoxy groups -OCH3 is 1. The van der Waals surface area contributed by atoms with Crippen molar-refractivity contribution < 1.29 is 88.9 Å². The monoisotopic (exact) mass is 1190 g/mol. The molecule has 0 radical (unpaired) electrons. The van der Waals surface area contributed by atoms with Crippen molar-refractivity contribution in [3.63, 3.8) is 0 Å². The van der Waals surface area contributed by atoms with Crippen LogP contribution in [0.5, 0.6) is 0 Å². The summed E-state index contributed by atoms with van der Waals surface area (Å²) in [5.74, 6) is -0.210. The number of hydrogen-bond donors (Lipinski definition) is 0. The van der Waals surface area contributed by atoms with E-state index in [1.165, 1.54) is 0 Å². The van der Waals surface area contributed by atoms with Gasteiger partial charge in [0, 0.05) is 30.1 Å². The third-order valence-electron chi connectivity index (χ3n) is 15.7. The van der Waals surface area contributed by atoms with Crippen LogP contribution in [-0.4, -0.2) is 153 Å². The van der Waals surface area contributed by atoms with Crippen LogP contribution in [0.3, 0.4) is 0 Å². The standard InChI is InChI=1S/C65H72O19S/c1-68-63-58(71-36-43-23-11-4-12-24-43)55(52-49(77-63)39-74-61(81-52)46-29-17-7-18-30-46)83-65-59(72-37-44-25-13-5-14-26-44)56(53-50(79-65)40-75-62(82-53)47-31-19-8-20-32-47)84-64-57(70-35-42-21-9-3-10-22-42)54(76-41-69-33-34-85(2,66)67)51-48(78-64)38-73-60(80-51)45-27-15-6-16-28-45/h3-32,48-65H,33-41H2,1-2H3/t48-,49-,50-,51-,52-,53-,54+,55+,56+,57+,58+,59+,60?,61?,62?,63+,64?,65+/m1/s1. The Morgan fingerprint density at radius 2 is 0.729 bits per heavy atom. The van der Waals surface area contributed by atoms with Gasteiger partial charge < -0.3 is 80.5 Å². The van der Waals surface area contributed by atoms with Gasteiger partial charge in [0.2, 0.25) is 0 Å². The molecule has 0 amide bonds. The van der Waals surface area contributed by atoms with E-state index in [4.69, 9.17) is 80.5 Å². The third-order valence-corrected chi connectivity index (χ3v) is 16.6. The van der Waals surface area contributed by atoms with Gasteiger partial charge in [0.05, 0.1) is 52.0 Å². The summed E-state index contributed by atoms with van der Waals surface area (Å²) in [7, 11) is -1.79. The second-order valence-corrected chi connectivity index (χ2v) is 23.9. The van der Waals surface area contributed by atoms with Gasteiger partial charge in [-0.1, -0.05) is 182 Å². The van der Waals surface area contributed by atoms with Gasteiger partial charge in [0.15, 0.2) is 37.7 Å². The minimum absolute atomic E-state index is 0.0491. The fourth-order valence-electron chi connectivity index (χ4n) is 11.4. The Labute approximate surface area is 495 Å². The predicted molar refractivity (Wildman–Crippen MR) is 303 cm³/mol. The molecule has 6 aromatic carbocycles. The van der Waals surface area contributed by atoms with Crippen LogP contribution in [0.15, 0.2) is 182 Å². The molecule has 0 N–H and O–H groups in total. The van der Waals surface area contributed by atoms with Crippen molar-refractivity contribution in [3.05, 3.63) is 215 Å². The maximum Gasteiger partial charge on any atom is 0.187 e. The lowest BCUT2D eigenvalue weighted by Gasteiger charge is -2.54. The van der Waals surface area contributed by atoms with Gasteiger partial charge in [-0.25, -0.2) is 8.42 Å². The van der Waals surface area contributed by atoms with Crippen molar-refractivity contribution >= 4 is 9.84 Å². The number of fused-ring (bicyclic) bond motifs is 3. The summed E-state index contributed by atoms with van der Waals surface area (Å²) in [5, 5.41) is 0. The van der Waals surface area contributed by atoms with E-state index in [-0.39, 0.29) is 58.8 Å². The highest BCUT2D eigenvalue weighted by Crippen LogP contribution is 2.44. The summed E-state index contributed by atoms with van der Waals surface area (Å²) in [5.41, 5.74) is 5.00. The number of ether oxygens (including phenoxy) is 17. The van der Waals surface area contributed by atoms with Gasteiger partial charge in [-0.3, -0.25) is 0 Å². The smallest absolute Gasteiger partial charge is 0.187 e. The second-order valence-electron chi connectivity index (χ2n) is 21.7. The van der Waals surface area contributed by atoms with E-state index >= 15 is 0 Å². The number of benzene rings is 6. The molecule has 0 aliphatic carbocycles. The van der Waals surface area contributed by atoms with Gasteiger partial charge >= 0.3 is 0 Å². The van der Waals surface area contributed by atoms with Crippen LogP contribution in [0.4, 0.5) is 0 Å². The molecule has 18 atom stereocenters. The highest BCUT2D eigenvalue weighted by Gasteiger charge is 2.60. The van der Waals surface area contributed by atoms with Crippen molar-refractivity contribution in [2.75, 3.05) is 52.3 Å². The Bertz CT molecular complexity index is 3060. The minimum Gasteiger partial charge on any atom is -0.365 e. The first-order chi connectivity index (χ1) is 41.7. The Balaban J connectivity index is 0.936. The number of rotatable bonds is 23. The summed E-state index contributed by atoms with van der Waals surface area (Å²) in [6.45, 7) is 0.198. The first kappa shape index (κ1) is 59.9. The Kier molecular flexibility index (Phi) is 20.2. The molecule has 4 unspecified atom stereocenters. The topological polar surface area (TPSA) is 191 Å². The minimum atomic E-state index is -3.35. The molecule has 6 aliphatic rings. The first-order valence-corrected chi connectivity index (χ1v) is 30.9. The normalized spacial score (nSPS) is 33.0. The average molecular weight is 1190 g/mol. The van der Waals surface area contributed by atoms with Crippen LogP contribution in [0.1, 0.15) is 52.3 Å². The second kappa shape index (κ2) is 28.6. The van der Waals surface area contributed by atoms with Gasteiger partial charge in [-0.2, -0.15) is 0 Å². The van der Waals surface area contributed by atoms with Crippen molar-refractivity contribution in [2.24, 2.45) is 0 Å². The molecule has 6 aliphatic heterocycles. The summed E-state index contributed by atoms with van der Waals surface area (Å²) in [6.07, 6.45) is -15.7. The van der Waals surface area contributed by atoms with Gasteiger partial charge in [-0.15, -0.1) is 0 Å². The highest BCUT2D eigenvalue weighted by molar-refractivity contribution is 7.90. The van der Waals surface area contributed by atoms with Crippen molar-refractivity contribution in [3.8, 4) is 0 Å². The average Bonchev–Trinajstić information content (AvgIpc) is 3.45. The van der Waals surface area contributed by atoms with E-state index in [1.54, 1.807) is 7.11 Å². The maximum absolute atomic E-state index is 12.2. The molecule has 6 saturated heterocycles. The molecule has 20 heteroatoms. The molecule has 0 saturated carbocycles. The summed E-state index contributed by atoms with van der Waals surface area (Å²) < 4.78 is 140. The van der Waals surface area contributed by atoms with Crippen LogP contribution >= 0.6 is 0 Å². The molecule has 12 rings (SSSR count). The van der Waals surface area contributed by atoms with Crippen molar-refractivity contribution in [2.45, 2.75) is 131 Å². The molecule has 6 heterocycles. The van der Waals surface area contributed by atoms with E-state index in [9.17, 15) is 8.42 Å². The number of sulfone groups is 1. The molecule has 0 aromatic heterocycles. The molecule has 452 valence electrons. The molecular weight excluding hydrogens is 1120 g/mol. The zero-order chi connectivity index (χ0) is 58.0. The molecule has 6 fully saturated rings. The first-order valence-electron chi connectivity index (χ1n) is 28.8. The largest absolute Gasteiger partial charge is 0.365 e. The van der Waals surface area contributed by atoms with E-state index in [1.807, 2.05) is 182 Å². The SMILES string of the molecule is CO[C@H]1O[C@@H]2COC(c3ccccc3)O[C@H]2[C@H](O[C@@H]2O[C@@H]3COC(c4ccccc4)O[C@H]3[C@H](OC3O[C@@H]4COC(c5ccccc5)O[C@H]4[C@H](OCOCCS(C)(=O)=O)[C@@H]3OCc3ccccc3)[C@@H]2OCc2ccccc2)[C@@H]1OCc1ccccc1. The van der Waals surface area contributed by atoms with E-state index in [2.05, 4.69) is 0 Å². The number of hydrogen-bond acceptors (Lipinski definition) is 19.